The summed E-state index contributed by atoms with van der Waals surface area (Å²) >= 11 is 0. The van der Waals surface area contributed by atoms with Crippen LogP contribution in [0, 0.1) is 0 Å². The number of fused-ring (bicyclic) bond motifs is 11. The van der Waals surface area contributed by atoms with E-state index < -0.39 is 0 Å². The number of nitrogens with zero attached hydrogens (tertiary/aromatic N) is 1. The number of hydrogen-bond donors (Lipinski definition) is 0. The van der Waals surface area contributed by atoms with Gasteiger partial charge in [0.25, 0.3) is 5.56 Å². The van der Waals surface area contributed by atoms with Gasteiger partial charge < -0.3 is 0 Å². The normalized spacial score (nSPS) is 13.0. The van der Waals surface area contributed by atoms with Gasteiger partial charge in [-0.05, 0) is 109 Å². The van der Waals surface area contributed by atoms with Gasteiger partial charge >= 0.3 is 0 Å². The second-order valence-corrected chi connectivity index (χ2v) is 13.2. The Balaban J connectivity index is 1.18. The van der Waals surface area contributed by atoms with Gasteiger partial charge in [-0.3, -0.25) is 9.20 Å². The number of pyridine rings is 1. The highest BCUT2D eigenvalue weighted by Gasteiger charge is 2.23. The van der Waals surface area contributed by atoms with E-state index in [4.69, 9.17) is 0 Å². The second kappa shape index (κ2) is 9.05. The van der Waals surface area contributed by atoms with E-state index in [2.05, 4.69) is 127 Å². The molecule has 2 heterocycles. The van der Waals surface area contributed by atoms with Crippen LogP contribution in [0.3, 0.4) is 0 Å². The molecular weight excluding hydrogens is 571 g/mol. The molecule has 0 fully saturated rings. The molecule has 2 aliphatic carbocycles. The molecule has 0 amide bonds. The summed E-state index contributed by atoms with van der Waals surface area (Å²) in [6.07, 6.45) is 1.96. The van der Waals surface area contributed by atoms with Crippen LogP contribution < -0.4 is 5.56 Å². The molecule has 11 rings (SSSR count). The number of hydrogen-bond acceptors (Lipinski definition) is 1. The lowest BCUT2D eigenvalue weighted by Crippen LogP contribution is -2.13. The average molecular weight is 598 g/mol. The monoisotopic (exact) mass is 597 g/mol. The van der Waals surface area contributed by atoms with E-state index in [0.717, 1.165) is 61.9 Å². The summed E-state index contributed by atoms with van der Waals surface area (Å²) in [4.78, 5) is 14.4. The molecular formula is C45H27NO. The average Bonchev–Trinajstić information content (AvgIpc) is 3.79. The highest BCUT2D eigenvalue weighted by atomic mass is 16.1. The highest BCUT2D eigenvalue weighted by Crippen LogP contribution is 2.44. The first-order chi connectivity index (χ1) is 23.2. The Morgan fingerprint density at radius 3 is 1.70 bits per heavy atom. The van der Waals surface area contributed by atoms with Crippen molar-refractivity contribution in [2.75, 3.05) is 0 Å². The number of aromatic nitrogens is 1. The van der Waals surface area contributed by atoms with Gasteiger partial charge in [-0.1, -0.05) is 115 Å². The first-order valence-corrected chi connectivity index (χ1v) is 16.4. The molecule has 0 N–H and O–H groups in total. The summed E-state index contributed by atoms with van der Waals surface area (Å²) in [5.41, 5.74) is 17.4. The summed E-state index contributed by atoms with van der Waals surface area (Å²) in [6.45, 7) is 0. The SMILES string of the molecule is O=c1c2ccccc2c2c(-c3ccc4c(c3)-c3ccccc3C4)ccc3c4ccc(-c5ccc6c(c5)-c5ccccc5C6)cc4n1c32. The minimum atomic E-state index is 0.0353. The lowest BCUT2D eigenvalue weighted by Gasteiger charge is -2.13. The largest absolute Gasteiger partial charge is 0.275 e. The van der Waals surface area contributed by atoms with Crippen LogP contribution in [0.1, 0.15) is 22.3 Å². The predicted molar refractivity (Wildman–Crippen MR) is 195 cm³/mol. The van der Waals surface area contributed by atoms with E-state index in [1.165, 1.54) is 55.6 Å². The molecule has 0 radical (unpaired) electrons. The topological polar surface area (TPSA) is 21.5 Å². The van der Waals surface area contributed by atoms with E-state index >= 15 is 0 Å². The van der Waals surface area contributed by atoms with Crippen LogP contribution >= 0.6 is 0 Å². The fourth-order valence-corrected chi connectivity index (χ4v) is 8.61. The van der Waals surface area contributed by atoms with Gasteiger partial charge in [-0.15, -0.1) is 0 Å². The van der Waals surface area contributed by atoms with Gasteiger partial charge in [0.1, 0.15) is 0 Å². The van der Waals surface area contributed by atoms with Crippen molar-refractivity contribution in [1.82, 2.24) is 4.40 Å². The lowest BCUT2D eigenvalue weighted by atomic mass is 9.92. The Hall–Kier alpha value is -5.99. The van der Waals surface area contributed by atoms with Crippen LogP contribution in [0.2, 0.25) is 0 Å². The number of benzene rings is 7. The molecule has 9 aromatic rings. The van der Waals surface area contributed by atoms with Crippen LogP contribution in [-0.4, -0.2) is 4.40 Å². The second-order valence-electron chi connectivity index (χ2n) is 13.2. The van der Waals surface area contributed by atoms with Crippen molar-refractivity contribution < 1.29 is 0 Å². The van der Waals surface area contributed by atoms with Crippen molar-refractivity contribution >= 4 is 38.0 Å². The maximum atomic E-state index is 14.4. The van der Waals surface area contributed by atoms with Crippen LogP contribution in [0.25, 0.3) is 82.5 Å². The third kappa shape index (κ3) is 3.37. The summed E-state index contributed by atoms with van der Waals surface area (Å²) < 4.78 is 1.99. The van der Waals surface area contributed by atoms with Crippen molar-refractivity contribution in [2.45, 2.75) is 12.8 Å². The number of rotatable bonds is 2. The molecule has 2 aliphatic rings. The standard InChI is InChI=1S/C45H27NO/c47-45-39-12-6-5-11-37(39)43-35(32-16-15-31-22-29-8-2-4-10-34(29)41(31)24-32)19-20-38-36-18-17-27(25-42(36)46(45)44(38)43)26-13-14-30-21-28-7-1-3-9-33(28)40(30)23-26/h1-20,23-25H,21-22H2. The maximum Gasteiger partial charge on any atom is 0.263 e. The van der Waals surface area contributed by atoms with Crippen LogP contribution in [-0.2, 0) is 12.8 Å². The van der Waals surface area contributed by atoms with Gasteiger partial charge in [0.15, 0.2) is 0 Å². The Morgan fingerprint density at radius 1 is 0.404 bits per heavy atom. The predicted octanol–water partition coefficient (Wildman–Crippen LogP) is 10.7. The summed E-state index contributed by atoms with van der Waals surface area (Å²) in [6, 6.07) is 50.5. The fourth-order valence-electron chi connectivity index (χ4n) is 8.61. The van der Waals surface area contributed by atoms with E-state index in [-0.39, 0.29) is 5.56 Å². The Bertz CT molecular complexity index is 2870. The van der Waals surface area contributed by atoms with E-state index in [1.807, 2.05) is 16.5 Å². The van der Waals surface area contributed by atoms with Crippen LogP contribution in [0.15, 0.2) is 144 Å². The summed E-state index contributed by atoms with van der Waals surface area (Å²) in [5.74, 6) is 0. The minimum absolute atomic E-state index is 0.0353. The molecule has 0 bridgehead atoms. The molecule has 7 aromatic carbocycles. The zero-order valence-electron chi connectivity index (χ0n) is 25.5. The van der Waals surface area contributed by atoms with E-state index in [9.17, 15) is 4.79 Å². The molecule has 2 heteroatoms. The van der Waals surface area contributed by atoms with E-state index in [1.54, 1.807) is 0 Å². The minimum Gasteiger partial charge on any atom is -0.275 e. The molecule has 2 nitrogen and oxygen atoms in total. The highest BCUT2D eigenvalue weighted by molar-refractivity contribution is 6.24. The fraction of sp³-hybridized carbons (Fsp3) is 0.0444. The quantitative estimate of drug-likeness (QED) is 0.182. The van der Waals surface area contributed by atoms with Gasteiger partial charge in [0.05, 0.1) is 11.0 Å². The molecule has 0 unspecified atom stereocenters. The van der Waals surface area contributed by atoms with Crippen LogP contribution in [0.4, 0.5) is 0 Å². The molecule has 2 aromatic heterocycles. The van der Waals surface area contributed by atoms with Crippen molar-refractivity contribution in [3.05, 3.63) is 172 Å². The van der Waals surface area contributed by atoms with Gasteiger partial charge in [0.2, 0.25) is 0 Å². The summed E-state index contributed by atoms with van der Waals surface area (Å²) in [7, 11) is 0. The van der Waals surface area contributed by atoms with Gasteiger partial charge in [-0.25, -0.2) is 0 Å². The van der Waals surface area contributed by atoms with Crippen LogP contribution in [0.5, 0.6) is 0 Å². The molecule has 0 aliphatic heterocycles. The smallest absolute Gasteiger partial charge is 0.263 e. The molecule has 0 saturated heterocycles. The third-order valence-electron chi connectivity index (χ3n) is 10.8. The van der Waals surface area contributed by atoms with E-state index in [0.29, 0.717) is 0 Å². The first-order valence-electron chi connectivity index (χ1n) is 16.4. The lowest BCUT2D eigenvalue weighted by molar-refractivity contribution is 1.21. The Morgan fingerprint density at radius 2 is 0.957 bits per heavy atom. The first kappa shape index (κ1) is 25.2. The van der Waals surface area contributed by atoms with Crippen molar-refractivity contribution in [3.8, 4) is 44.5 Å². The zero-order chi connectivity index (χ0) is 30.8. The van der Waals surface area contributed by atoms with Gasteiger partial charge in [-0.2, -0.15) is 0 Å². The maximum absolute atomic E-state index is 14.4. The third-order valence-corrected chi connectivity index (χ3v) is 10.8. The van der Waals surface area contributed by atoms with Gasteiger partial charge in [0, 0.05) is 21.5 Å². The van der Waals surface area contributed by atoms with Crippen molar-refractivity contribution in [2.24, 2.45) is 0 Å². The zero-order valence-corrected chi connectivity index (χ0v) is 25.5. The molecule has 47 heavy (non-hydrogen) atoms. The molecule has 0 spiro atoms. The Kier molecular flexibility index (Phi) is 4.86. The van der Waals surface area contributed by atoms with Crippen molar-refractivity contribution in [1.29, 1.82) is 0 Å². The molecule has 0 saturated carbocycles. The molecule has 0 atom stereocenters. The summed E-state index contributed by atoms with van der Waals surface area (Å²) in [5, 5.41) is 5.11. The molecule has 218 valence electrons. The Labute approximate surface area is 271 Å². The van der Waals surface area contributed by atoms with Crippen molar-refractivity contribution in [3.63, 3.8) is 0 Å².